The molecule has 0 spiro atoms. The van der Waals surface area contributed by atoms with Crippen molar-refractivity contribution in [2.45, 2.75) is 96.2 Å². The maximum atomic E-state index is 13.8. The van der Waals surface area contributed by atoms with E-state index < -0.39 is 18.5 Å². The lowest BCUT2D eigenvalue weighted by atomic mass is 9.77. The van der Waals surface area contributed by atoms with Gasteiger partial charge in [-0.1, -0.05) is 49.3 Å². The van der Waals surface area contributed by atoms with Crippen LogP contribution in [0.3, 0.4) is 0 Å². The normalized spacial score (nSPS) is 20.8. The molecular weight excluding hydrogens is 799 g/mol. The van der Waals surface area contributed by atoms with E-state index in [0.29, 0.717) is 53.8 Å². The molecule has 4 aliphatic rings. The number of ketones is 1. The highest BCUT2D eigenvalue weighted by Gasteiger charge is 2.30. The molecule has 0 saturated carbocycles. The van der Waals surface area contributed by atoms with E-state index in [1.54, 1.807) is 44.4 Å². The van der Waals surface area contributed by atoms with Crippen LogP contribution in [0.5, 0.6) is 17.2 Å². The van der Waals surface area contributed by atoms with Gasteiger partial charge in [0.15, 0.2) is 17.8 Å². The van der Waals surface area contributed by atoms with Crippen LogP contribution in [0.25, 0.3) is 16.8 Å². The van der Waals surface area contributed by atoms with Crippen molar-refractivity contribution in [1.29, 1.82) is 0 Å². The number of aryl methyl sites for hydroxylation is 2. The van der Waals surface area contributed by atoms with Crippen LogP contribution in [0, 0.1) is 29.8 Å². The average molecular weight is 858 g/mol. The molecule has 6 bridgehead atoms. The van der Waals surface area contributed by atoms with Gasteiger partial charge in [0.1, 0.15) is 36.1 Å². The number of nitrogens with one attached hydrogen (secondary N) is 1. The Labute approximate surface area is 369 Å². The first-order valence-corrected chi connectivity index (χ1v) is 21.9. The van der Waals surface area contributed by atoms with Crippen LogP contribution in [0.2, 0.25) is 0 Å². The van der Waals surface area contributed by atoms with Crippen LogP contribution in [0.15, 0.2) is 84.7 Å². The van der Waals surface area contributed by atoms with Crippen LogP contribution in [-0.2, 0) is 35.4 Å². The summed E-state index contributed by atoms with van der Waals surface area (Å²) in [5, 5.41) is 68.6. The van der Waals surface area contributed by atoms with Crippen LogP contribution in [-0.4, -0.2) is 68.9 Å². The van der Waals surface area contributed by atoms with Gasteiger partial charge in [0.2, 0.25) is 0 Å². The summed E-state index contributed by atoms with van der Waals surface area (Å²) in [5.41, 5.74) is 5.90. The predicted octanol–water partition coefficient (Wildman–Crippen LogP) is 8.10. The van der Waals surface area contributed by atoms with Gasteiger partial charge in [0.25, 0.3) is 0 Å². The molecule has 0 unspecified atom stereocenters. The number of aliphatic hydroxyl groups excluding tert-OH is 4. The van der Waals surface area contributed by atoms with Crippen LogP contribution < -0.4 is 14.8 Å². The topological polar surface area (TPSA) is 178 Å². The molecule has 0 amide bonds. The molecule has 11 heteroatoms. The second-order valence-electron chi connectivity index (χ2n) is 17.2. The fraction of sp³-hybridized carbons (Fsp3) is 0.404. The minimum Gasteiger partial charge on any atom is -0.508 e. The Morgan fingerprint density at radius 1 is 0.984 bits per heavy atom. The number of carbonyl (C=O) groups is 1. The number of carbonyl (C=O) groups excluding carboxylic acids is 1. The molecule has 0 radical (unpaired) electrons. The highest BCUT2D eigenvalue weighted by atomic mass is 16.5. The quantitative estimate of drug-likeness (QED) is 0.0511. The lowest BCUT2D eigenvalue weighted by Gasteiger charge is -2.30. The third-order valence-electron chi connectivity index (χ3n) is 12.6. The highest BCUT2D eigenvalue weighted by Crippen LogP contribution is 2.44. The zero-order chi connectivity index (χ0) is 44.6. The molecule has 8 rings (SSSR count). The Bertz CT molecular complexity index is 2440. The van der Waals surface area contributed by atoms with E-state index in [0.717, 1.165) is 46.2 Å². The summed E-state index contributed by atoms with van der Waals surface area (Å²) in [4.78, 5) is 13.8. The van der Waals surface area contributed by atoms with Crippen LogP contribution >= 0.6 is 0 Å². The van der Waals surface area contributed by atoms with Gasteiger partial charge in [-0.25, -0.2) is 0 Å². The predicted molar refractivity (Wildman–Crippen MR) is 243 cm³/mol. The number of rotatable bonds is 13. The summed E-state index contributed by atoms with van der Waals surface area (Å²) < 4.78 is 18.3. The van der Waals surface area contributed by atoms with Crippen molar-refractivity contribution in [3.8, 4) is 29.3 Å². The zero-order valence-electron chi connectivity index (χ0n) is 36.2. The standard InChI is InChI=1S/C52H59NO10/c1-31-9-17-43-47-30-63-50-22-34(13-18-49(50)61-3)12-15-40(57)25-41(62-19-5-8-42-45(26-46(47)52(59)60)51(43)44(31)27-48(42)58)24-37-23-39(56)16-14-36(37)20-35(29-54)11-10-33-6-4-7-38(21-33)53-28-32(2)55/h4,6-7,9,13-14,16-18,21-23,26-27,31-32,35-37,41,52-56,58-60H,8,10-12,15,20,24-25,28-30H2,1-3H3/t31-,32+,35-,36+,37+,41+/m1/s1. The molecule has 0 saturated heterocycles. The first-order chi connectivity index (χ1) is 30.4. The van der Waals surface area contributed by atoms with E-state index >= 15 is 0 Å². The number of anilines is 1. The van der Waals surface area contributed by atoms with Crippen molar-refractivity contribution >= 4 is 28.3 Å². The second-order valence-corrected chi connectivity index (χ2v) is 17.2. The first kappa shape index (κ1) is 45.3. The van der Waals surface area contributed by atoms with E-state index in [1.807, 2.05) is 49.4 Å². The molecule has 2 heterocycles. The Kier molecular flexibility index (Phi) is 14.8. The number of hydrogen-bond donors (Lipinski definition) is 7. The van der Waals surface area contributed by atoms with Gasteiger partial charge in [-0.15, -0.1) is 0 Å². The summed E-state index contributed by atoms with van der Waals surface area (Å²) >= 11 is 0. The maximum Gasteiger partial charge on any atom is 0.178 e. The Hall–Kier alpha value is -5.77. The van der Waals surface area contributed by atoms with Gasteiger partial charge in [-0.2, -0.15) is 0 Å². The second kappa shape index (κ2) is 20.6. The minimum absolute atomic E-state index is 0.00177. The molecule has 4 aromatic carbocycles. The number of methoxy groups -OCH3 is 1. The molecular formula is C52H59NO10. The van der Waals surface area contributed by atoms with Gasteiger partial charge >= 0.3 is 0 Å². The van der Waals surface area contributed by atoms with Crippen molar-refractivity contribution in [3.63, 3.8) is 0 Å². The van der Waals surface area contributed by atoms with Gasteiger partial charge in [0, 0.05) is 60.7 Å². The number of aromatic hydroxyl groups is 1. The molecule has 2 aliphatic carbocycles. The smallest absolute Gasteiger partial charge is 0.178 e. The summed E-state index contributed by atoms with van der Waals surface area (Å²) in [5.74, 6) is 3.83. The Balaban J connectivity index is 1.17. The van der Waals surface area contributed by atoms with Crippen molar-refractivity contribution < 1.29 is 49.6 Å². The highest BCUT2D eigenvalue weighted by molar-refractivity contribution is 6.01. The minimum atomic E-state index is -1.83. The zero-order valence-corrected chi connectivity index (χ0v) is 36.2. The Morgan fingerprint density at radius 3 is 2.60 bits per heavy atom. The first-order valence-electron chi connectivity index (χ1n) is 21.9. The van der Waals surface area contributed by atoms with Gasteiger partial charge in [-0.3, -0.25) is 4.79 Å². The van der Waals surface area contributed by atoms with E-state index in [-0.39, 0.29) is 79.0 Å². The third-order valence-corrected chi connectivity index (χ3v) is 12.6. The number of Topliss-reactive ketones (excluding diaryl/α,β-unsaturated/α-hetero) is 1. The number of benzene rings is 4. The molecule has 0 fully saturated rings. The number of phenolic OH excluding ortho intramolecular Hbond substituents is 1. The lowest BCUT2D eigenvalue weighted by molar-refractivity contribution is -0.121. The summed E-state index contributed by atoms with van der Waals surface area (Å²) in [6.07, 6.45) is 12.7. The largest absolute Gasteiger partial charge is 0.508 e. The molecule has 2 aliphatic heterocycles. The Morgan fingerprint density at radius 2 is 1.83 bits per heavy atom. The van der Waals surface area contributed by atoms with Crippen molar-refractivity contribution in [3.05, 3.63) is 124 Å². The molecule has 11 nitrogen and oxygen atoms in total. The third kappa shape index (κ3) is 11.1. The summed E-state index contributed by atoms with van der Waals surface area (Å²) in [7, 11) is 1.55. The fourth-order valence-corrected chi connectivity index (χ4v) is 9.13. The van der Waals surface area contributed by atoms with Gasteiger partial charge in [0.05, 0.1) is 13.2 Å². The van der Waals surface area contributed by atoms with Crippen molar-refractivity contribution in [2.75, 3.05) is 25.6 Å². The number of phenols is 1. The van der Waals surface area contributed by atoms with E-state index in [2.05, 4.69) is 29.5 Å². The number of aliphatic hydroxyl groups is 5. The molecule has 0 aromatic heterocycles. The molecule has 4 aromatic rings. The van der Waals surface area contributed by atoms with Crippen LogP contribution in [0.1, 0.15) is 97.1 Å². The monoisotopic (exact) mass is 857 g/mol. The van der Waals surface area contributed by atoms with Crippen molar-refractivity contribution in [1.82, 2.24) is 0 Å². The number of hydrogen-bond acceptors (Lipinski definition) is 11. The van der Waals surface area contributed by atoms with E-state index in [1.165, 1.54) is 0 Å². The number of allylic oxidation sites excluding steroid dienone is 4. The lowest BCUT2D eigenvalue weighted by Crippen LogP contribution is -2.26. The van der Waals surface area contributed by atoms with Crippen molar-refractivity contribution in [2.24, 2.45) is 17.8 Å². The SMILES string of the molecule is COc1ccc2cc1OCc1c(C(O)O)cc3c(c(O)cc4c3c1C=C[C@H]4C)CC#CO[C@@H](C[C@@H]1C=C(O)C=C[C@H]1C[C@H](CO)CCc1cccc(NC[C@H](C)O)c1)CC(=O)CC2. The summed E-state index contributed by atoms with van der Waals surface area (Å²) in [6, 6.07) is 17.0. The summed E-state index contributed by atoms with van der Waals surface area (Å²) in [6.45, 7) is 4.21. The van der Waals surface area contributed by atoms with E-state index in [9.17, 15) is 35.4 Å². The molecule has 7 N–H and O–H groups in total. The number of fused-ring (bicyclic) bond motifs is 9. The fourth-order valence-electron chi connectivity index (χ4n) is 9.13. The molecule has 332 valence electrons. The van der Waals surface area contributed by atoms with E-state index in [4.69, 9.17) is 14.2 Å². The average Bonchev–Trinajstić information content (AvgIpc) is 3.26. The molecule has 63 heavy (non-hydrogen) atoms. The van der Waals surface area contributed by atoms with Gasteiger partial charge < -0.3 is 50.2 Å². The van der Waals surface area contributed by atoms with Crippen LogP contribution in [0.4, 0.5) is 5.69 Å². The molecule has 6 atom stereocenters. The van der Waals surface area contributed by atoms with Gasteiger partial charge in [-0.05, 0) is 138 Å². The maximum absolute atomic E-state index is 13.8. The number of ether oxygens (including phenoxy) is 3.